The summed E-state index contributed by atoms with van der Waals surface area (Å²) in [5.41, 5.74) is 5.24. The number of hydrogen-bond donors (Lipinski definition) is 3. The second-order valence-corrected chi connectivity index (χ2v) is 13.9. The Labute approximate surface area is 276 Å². The molecule has 2 heterocycles. The summed E-state index contributed by atoms with van der Waals surface area (Å²) in [6.07, 6.45) is 2.68. The average Bonchev–Trinajstić information content (AvgIpc) is 3.42. The quantitative estimate of drug-likeness (QED) is 0.189. The highest BCUT2D eigenvalue weighted by Crippen LogP contribution is 2.39. The van der Waals surface area contributed by atoms with E-state index in [4.69, 9.17) is 0 Å². The summed E-state index contributed by atoms with van der Waals surface area (Å²) in [5, 5.41) is 6.38. The third kappa shape index (κ3) is 7.40. The minimum Gasteiger partial charge on any atom is -0.354 e. The van der Waals surface area contributed by atoms with Crippen LogP contribution >= 0.6 is 0 Å². The molecule has 0 radical (unpaired) electrons. The van der Waals surface area contributed by atoms with Gasteiger partial charge in [0.2, 0.25) is 5.91 Å². The summed E-state index contributed by atoms with van der Waals surface area (Å²) in [6.45, 7) is 2.77. The SMILES string of the molecule is CN(C)C(=O)C1CCN(CCc2ccc(N/C(=C3\C(=O)Nc4ccc(S(=O)(=O)Nc5ccccc5)cc43)c3ccccc3)cc2)CC1. The molecule has 1 fully saturated rings. The maximum Gasteiger partial charge on any atom is 0.261 e. The van der Waals surface area contributed by atoms with Crippen LogP contribution in [0.1, 0.15) is 29.5 Å². The lowest BCUT2D eigenvalue weighted by Crippen LogP contribution is -2.40. The number of benzene rings is 4. The van der Waals surface area contributed by atoms with Gasteiger partial charge < -0.3 is 20.4 Å². The molecule has 0 spiro atoms. The highest BCUT2D eigenvalue weighted by molar-refractivity contribution is 7.92. The Bertz CT molecular complexity index is 1880. The molecule has 3 N–H and O–H groups in total. The normalized spacial score (nSPS) is 16.3. The number of amides is 2. The standard InChI is InChI=1S/C37H39N5O4S/c1-41(2)37(44)28-20-23-42(24-21-28)22-19-26-13-15-29(16-14-26)38-35(27-9-5-3-6-10-27)34-32-25-31(17-18-33(32)39-36(34)43)47(45,46)40-30-11-7-4-8-12-30/h3-18,25,28,38,40H,19-24H2,1-2H3,(H,39,43)/b35-34-. The first kappa shape index (κ1) is 32.0. The van der Waals surface area contributed by atoms with Crippen LogP contribution in [0.15, 0.2) is 108 Å². The van der Waals surface area contributed by atoms with Gasteiger partial charge in [0.15, 0.2) is 0 Å². The zero-order chi connectivity index (χ0) is 33.0. The number of anilines is 3. The van der Waals surface area contributed by atoms with Crippen molar-refractivity contribution in [1.29, 1.82) is 0 Å². The van der Waals surface area contributed by atoms with Gasteiger partial charge in [-0.05, 0) is 85.9 Å². The second-order valence-electron chi connectivity index (χ2n) is 12.2. The number of nitrogens with zero attached hydrogens (tertiary/aromatic N) is 2. The molecule has 4 aromatic carbocycles. The zero-order valence-electron chi connectivity index (χ0n) is 26.6. The van der Waals surface area contributed by atoms with Crippen LogP contribution in [0.2, 0.25) is 0 Å². The molecule has 6 rings (SSSR count). The van der Waals surface area contributed by atoms with Crippen LogP contribution in [0.3, 0.4) is 0 Å². The van der Waals surface area contributed by atoms with Crippen LogP contribution in [0.25, 0.3) is 11.3 Å². The first-order valence-corrected chi connectivity index (χ1v) is 17.3. The first-order valence-electron chi connectivity index (χ1n) is 15.8. The summed E-state index contributed by atoms with van der Waals surface area (Å²) in [7, 11) is -0.263. The van der Waals surface area contributed by atoms with Crippen molar-refractivity contribution in [1.82, 2.24) is 9.80 Å². The maximum absolute atomic E-state index is 13.5. The van der Waals surface area contributed by atoms with Crippen molar-refractivity contribution in [3.8, 4) is 0 Å². The number of likely N-dealkylation sites (tertiary alicyclic amines) is 1. The molecular formula is C37H39N5O4S. The Balaban J connectivity index is 1.22. The summed E-state index contributed by atoms with van der Waals surface area (Å²) >= 11 is 0. The van der Waals surface area contributed by atoms with E-state index in [0.717, 1.165) is 50.1 Å². The number of carbonyl (C=O) groups excluding carboxylic acids is 2. The first-order chi connectivity index (χ1) is 22.7. The van der Waals surface area contributed by atoms with Crippen molar-refractivity contribution in [2.75, 3.05) is 49.1 Å². The second kappa shape index (κ2) is 13.8. The number of sulfonamides is 1. The Kier molecular flexibility index (Phi) is 9.42. The van der Waals surface area contributed by atoms with Gasteiger partial charge >= 0.3 is 0 Å². The van der Waals surface area contributed by atoms with Gasteiger partial charge in [-0.3, -0.25) is 14.3 Å². The summed E-state index contributed by atoms with van der Waals surface area (Å²) in [6, 6.07) is 31.1. The molecule has 47 heavy (non-hydrogen) atoms. The van der Waals surface area contributed by atoms with E-state index in [1.165, 1.54) is 11.6 Å². The van der Waals surface area contributed by atoms with Crippen LogP contribution in [0.4, 0.5) is 17.1 Å². The number of piperidine rings is 1. The Morgan fingerprint density at radius 2 is 1.53 bits per heavy atom. The van der Waals surface area contributed by atoms with Crippen LogP contribution in [0, 0.1) is 5.92 Å². The predicted octanol–water partition coefficient (Wildman–Crippen LogP) is 5.76. The molecule has 2 amide bonds. The molecule has 242 valence electrons. The van der Waals surface area contributed by atoms with E-state index in [1.807, 2.05) is 62.6 Å². The van der Waals surface area contributed by atoms with E-state index < -0.39 is 10.0 Å². The van der Waals surface area contributed by atoms with Crippen molar-refractivity contribution in [2.24, 2.45) is 5.92 Å². The van der Waals surface area contributed by atoms with Crippen LogP contribution in [0.5, 0.6) is 0 Å². The number of nitrogens with one attached hydrogen (secondary N) is 3. The third-order valence-corrected chi connectivity index (χ3v) is 10.1. The highest BCUT2D eigenvalue weighted by atomic mass is 32.2. The highest BCUT2D eigenvalue weighted by Gasteiger charge is 2.31. The molecule has 0 atom stereocenters. The average molecular weight is 650 g/mol. The summed E-state index contributed by atoms with van der Waals surface area (Å²) < 4.78 is 29.2. The molecule has 10 heteroatoms. The fourth-order valence-electron chi connectivity index (χ4n) is 6.12. The minimum absolute atomic E-state index is 0.0550. The van der Waals surface area contributed by atoms with Crippen molar-refractivity contribution >= 4 is 50.2 Å². The molecule has 4 aromatic rings. The molecule has 0 saturated carbocycles. The number of rotatable bonds is 10. The lowest BCUT2D eigenvalue weighted by molar-refractivity contribution is -0.134. The Morgan fingerprint density at radius 3 is 2.19 bits per heavy atom. The van der Waals surface area contributed by atoms with Crippen LogP contribution in [-0.2, 0) is 26.0 Å². The lowest BCUT2D eigenvalue weighted by Gasteiger charge is -2.32. The van der Waals surface area contributed by atoms with Gasteiger partial charge in [-0.2, -0.15) is 0 Å². The molecule has 1 saturated heterocycles. The monoisotopic (exact) mass is 649 g/mol. The largest absolute Gasteiger partial charge is 0.354 e. The number of para-hydroxylation sites is 1. The van der Waals surface area contributed by atoms with E-state index in [1.54, 1.807) is 41.3 Å². The molecular weight excluding hydrogens is 611 g/mol. The summed E-state index contributed by atoms with van der Waals surface area (Å²) in [5.74, 6) is 0.0293. The minimum atomic E-state index is -3.91. The molecule has 2 aliphatic heterocycles. The van der Waals surface area contributed by atoms with Gasteiger partial charge in [-0.25, -0.2) is 8.42 Å². The maximum atomic E-state index is 13.5. The fourth-order valence-corrected chi connectivity index (χ4v) is 7.21. The lowest BCUT2D eigenvalue weighted by atomic mass is 9.95. The number of hydrogen-bond acceptors (Lipinski definition) is 6. The van der Waals surface area contributed by atoms with Gasteiger partial charge in [0, 0.05) is 49.2 Å². The van der Waals surface area contributed by atoms with Crippen molar-refractivity contribution in [3.63, 3.8) is 0 Å². The molecule has 0 unspecified atom stereocenters. The fraction of sp³-hybridized carbons (Fsp3) is 0.243. The van der Waals surface area contributed by atoms with Crippen LogP contribution < -0.4 is 15.4 Å². The zero-order valence-corrected chi connectivity index (χ0v) is 27.4. The van der Waals surface area contributed by atoms with E-state index in [2.05, 4.69) is 32.4 Å². The van der Waals surface area contributed by atoms with Gasteiger partial charge in [0.1, 0.15) is 0 Å². The van der Waals surface area contributed by atoms with Crippen molar-refractivity contribution in [3.05, 3.63) is 120 Å². The van der Waals surface area contributed by atoms with E-state index in [9.17, 15) is 18.0 Å². The molecule has 9 nitrogen and oxygen atoms in total. The van der Waals surface area contributed by atoms with Crippen LogP contribution in [-0.4, -0.2) is 63.8 Å². The van der Waals surface area contributed by atoms with Crippen molar-refractivity contribution in [2.45, 2.75) is 24.2 Å². The predicted molar refractivity (Wildman–Crippen MR) is 187 cm³/mol. The molecule has 0 aliphatic carbocycles. The van der Waals surface area contributed by atoms with Gasteiger partial charge in [-0.1, -0.05) is 60.7 Å². The summed E-state index contributed by atoms with van der Waals surface area (Å²) in [4.78, 5) is 29.9. The van der Waals surface area contributed by atoms with Gasteiger partial charge in [0.25, 0.3) is 15.9 Å². The molecule has 2 aliphatic rings. The molecule has 0 aromatic heterocycles. The van der Waals surface area contributed by atoms with Crippen molar-refractivity contribution < 1.29 is 18.0 Å². The molecule has 0 bridgehead atoms. The van der Waals surface area contributed by atoms with E-state index in [-0.39, 0.29) is 22.6 Å². The topological polar surface area (TPSA) is 111 Å². The van der Waals surface area contributed by atoms with Gasteiger partial charge in [0.05, 0.1) is 16.2 Å². The number of fused-ring (bicyclic) bond motifs is 1. The Hall–Kier alpha value is -4.93. The third-order valence-electron chi connectivity index (χ3n) is 8.70. The van der Waals surface area contributed by atoms with E-state index in [0.29, 0.717) is 28.2 Å². The Morgan fingerprint density at radius 1 is 0.872 bits per heavy atom. The smallest absolute Gasteiger partial charge is 0.261 e. The number of carbonyl (C=O) groups is 2. The van der Waals surface area contributed by atoms with Gasteiger partial charge in [-0.15, -0.1) is 0 Å². The van der Waals surface area contributed by atoms with E-state index >= 15 is 0 Å².